The Morgan fingerprint density at radius 3 is 2.48 bits per heavy atom. The molecule has 2 amide bonds. The molecule has 2 rings (SSSR count). The van der Waals surface area contributed by atoms with Crippen molar-refractivity contribution in [3.63, 3.8) is 0 Å². The second kappa shape index (κ2) is 8.53. The highest BCUT2D eigenvalue weighted by Gasteiger charge is 2.08. The highest BCUT2D eigenvalue weighted by Crippen LogP contribution is 2.20. The monoisotopic (exact) mass is 359 g/mol. The van der Waals surface area contributed by atoms with Crippen LogP contribution in [0.1, 0.15) is 19.4 Å². The molecule has 0 aromatic heterocycles. The van der Waals surface area contributed by atoms with Crippen molar-refractivity contribution in [1.29, 1.82) is 0 Å². The smallest absolute Gasteiger partial charge is 0.243 e. The summed E-state index contributed by atoms with van der Waals surface area (Å²) in [4.78, 5) is 23.9. The lowest BCUT2D eigenvalue weighted by Crippen LogP contribution is -2.22. The van der Waals surface area contributed by atoms with Crippen molar-refractivity contribution < 1.29 is 9.59 Å². The fourth-order valence-electron chi connectivity index (χ4n) is 2.10. The van der Waals surface area contributed by atoms with E-state index in [-0.39, 0.29) is 24.3 Å². The fourth-order valence-corrected chi connectivity index (χ4v) is 2.27. The van der Waals surface area contributed by atoms with E-state index in [4.69, 9.17) is 11.6 Å². The van der Waals surface area contributed by atoms with Crippen molar-refractivity contribution >= 4 is 40.5 Å². The van der Waals surface area contributed by atoms with Crippen LogP contribution in [0.2, 0.25) is 5.02 Å². The van der Waals surface area contributed by atoms with E-state index in [1.807, 2.05) is 39.0 Å². The number of hydrogen-bond acceptors (Lipinski definition) is 3. The van der Waals surface area contributed by atoms with Crippen LogP contribution in [-0.4, -0.2) is 18.4 Å². The third-order valence-electron chi connectivity index (χ3n) is 3.58. The maximum atomic E-state index is 12.1. The summed E-state index contributed by atoms with van der Waals surface area (Å²) < 4.78 is 0. The van der Waals surface area contributed by atoms with E-state index in [0.717, 1.165) is 11.3 Å². The molecule has 3 N–H and O–H groups in total. The molecule has 0 heterocycles. The van der Waals surface area contributed by atoms with Crippen molar-refractivity contribution in [2.24, 2.45) is 5.92 Å². The third kappa shape index (κ3) is 5.80. The zero-order chi connectivity index (χ0) is 18.4. The predicted octanol–water partition coefficient (Wildman–Crippen LogP) is 4.29. The van der Waals surface area contributed by atoms with Crippen molar-refractivity contribution in [3.8, 4) is 0 Å². The molecule has 2 aromatic carbocycles. The molecule has 0 aliphatic rings. The molecule has 2 aromatic rings. The number of aryl methyl sites for hydroxylation is 1. The molecule has 6 heteroatoms. The third-order valence-corrected chi connectivity index (χ3v) is 3.82. The highest BCUT2D eigenvalue weighted by molar-refractivity contribution is 6.31. The van der Waals surface area contributed by atoms with Crippen LogP contribution in [0.4, 0.5) is 17.1 Å². The van der Waals surface area contributed by atoms with Gasteiger partial charge in [0.1, 0.15) is 0 Å². The van der Waals surface area contributed by atoms with E-state index in [1.54, 1.807) is 24.3 Å². The predicted molar refractivity (Wildman–Crippen MR) is 103 cm³/mol. The van der Waals surface area contributed by atoms with Crippen LogP contribution in [0.3, 0.4) is 0 Å². The van der Waals surface area contributed by atoms with Gasteiger partial charge in [-0.2, -0.15) is 0 Å². The number of amides is 2. The molecule has 0 aliphatic heterocycles. The Hall–Kier alpha value is -2.53. The van der Waals surface area contributed by atoms with Gasteiger partial charge in [0.25, 0.3) is 0 Å². The molecule has 0 fully saturated rings. The van der Waals surface area contributed by atoms with Gasteiger partial charge in [0.05, 0.1) is 6.54 Å². The van der Waals surface area contributed by atoms with Gasteiger partial charge >= 0.3 is 0 Å². The van der Waals surface area contributed by atoms with E-state index >= 15 is 0 Å². The van der Waals surface area contributed by atoms with Gasteiger partial charge < -0.3 is 16.0 Å². The summed E-state index contributed by atoms with van der Waals surface area (Å²) in [5.74, 6) is -0.323. The summed E-state index contributed by atoms with van der Waals surface area (Å²) >= 11 is 5.95. The molecule has 132 valence electrons. The first kappa shape index (κ1) is 18.8. The van der Waals surface area contributed by atoms with Crippen LogP contribution in [-0.2, 0) is 9.59 Å². The van der Waals surface area contributed by atoms with Crippen molar-refractivity contribution in [2.45, 2.75) is 20.8 Å². The van der Waals surface area contributed by atoms with Crippen LogP contribution in [0.25, 0.3) is 0 Å². The summed E-state index contributed by atoms with van der Waals surface area (Å²) in [7, 11) is 0. The lowest BCUT2D eigenvalue weighted by molar-refractivity contribution is -0.119. The quantitative estimate of drug-likeness (QED) is 0.720. The molecule has 5 nitrogen and oxygen atoms in total. The first-order valence-electron chi connectivity index (χ1n) is 8.06. The van der Waals surface area contributed by atoms with Crippen molar-refractivity contribution in [2.75, 3.05) is 22.5 Å². The van der Waals surface area contributed by atoms with E-state index in [2.05, 4.69) is 16.0 Å². The topological polar surface area (TPSA) is 70.2 Å². The van der Waals surface area contributed by atoms with Gasteiger partial charge in [-0.15, -0.1) is 0 Å². The van der Waals surface area contributed by atoms with Crippen LogP contribution in [0.5, 0.6) is 0 Å². The molecule has 25 heavy (non-hydrogen) atoms. The molecular formula is C19H22ClN3O2. The van der Waals surface area contributed by atoms with Gasteiger partial charge in [-0.05, 0) is 42.8 Å². The van der Waals surface area contributed by atoms with Gasteiger partial charge in [0.2, 0.25) is 11.8 Å². The van der Waals surface area contributed by atoms with Gasteiger partial charge in [-0.3, -0.25) is 9.59 Å². The number of anilines is 3. The first-order valence-corrected chi connectivity index (χ1v) is 8.44. The van der Waals surface area contributed by atoms with Gasteiger partial charge in [-0.25, -0.2) is 0 Å². The minimum atomic E-state index is -0.179. The molecule has 0 bridgehead atoms. The Morgan fingerprint density at radius 1 is 1.04 bits per heavy atom. The molecule has 0 saturated heterocycles. The second-order valence-electron chi connectivity index (χ2n) is 6.09. The number of halogens is 1. The number of hydrogen-bond donors (Lipinski definition) is 3. The van der Waals surface area contributed by atoms with Crippen LogP contribution in [0, 0.1) is 12.8 Å². The summed E-state index contributed by atoms with van der Waals surface area (Å²) in [5, 5.41) is 9.27. The minimum Gasteiger partial charge on any atom is -0.376 e. The van der Waals surface area contributed by atoms with Crippen molar-refractivity contribution in [3.05, 3.63) is 53.1 Å². The van der Waals surface area contributed by atoms with Crippen LogP contribution in [0.15, 0.2) is 42.5 Å². The lowest BCUT2D eigenvalue weighted by atomic mass is 10.2. The molecular weight excluding hydrogens is 338 g/mol. The van der Waals surface area contributed by atoms with E-state index in [9.17, 15) is 9.59 Å². The number of carbonyl (C=O) groups is 2. The Balaban J connectivity index is 1.93. The number of rotatable bonds is 6. The first-order chi connectivity index (χ1) is 11.8. The Bertz CT molecular complexity index is 775. The van der Waals surface area contributed by atoms with Gasteiger partial charge in [-0.1, -0.05) is 37.6 Å². The molecule has 0 aliphatic carbocycles. The van der Waals surface area contributed by atoms with E-state index in [1.165, 1.54) is 0 Å². The molecule has 0 saturated carbocycles. The second-order valence-corrected chi connectivity index (χ2v) is 6.52. The number of benzene rings is 2. The largest absolute Gasteiger partial charge is 0.376 e. The SMILES string of the molecule is Cc1ccc(Cl)cc1NC(=O)CNc1cccc(NC(=O)C(C)C)c1. The molecule has 0 radical (unpaired) electrons. The van der Waals surface area contributed by atoms with Gasteiger partial charge in [0.15, 0.2) is 0 Å². The Morgan fingerprint density at radius 2 is 1.76 bits per heavy atom. The molecule has 0 unspecified atom stereocenters. The zero-order valence-corrected chi connectivity index (χ0v) is 15.3. The Kier molecular flexibility index (Phi) is 6.42. The fraction of sp³-hybridized carbons (Fsp3) is 0.263. The summed E-state index contributed by atoms with van der Waals surface area (Å²) in [6.45, 7) is 5.67. The maximum absolute atomic E-state index is 12.1. The Labute approximate surface area is 152 Å². The average molecular weight is 360 g/mol. The zero-order valence-electron chi connectivity index (χ0n) is 14.5. The number of carbonyl (C=O) groups excluding carboxylic acids is 2. The maximum Gasteiger partial charge on any atom is 0.243 e. The highest BCUT2D eigenvalue weighted by atomic mass is 35.5. The normalized spacial score (nSPS) is 10.4. The van der Waals surface area contributed by atoms with Crippen LogP contribution < -0.4 is 16.0 Å². The number of nitrogens with one attached hydrogen (secondary N) is 3. The van der Waals surface area contributed by atoms with E-state index < -0.39 is 0 Å². The summed E-state index contributed by atoms with van der Waals surface area (Å²) in [5.41, 5.74) is 3.07. The summed E-state index contributed by atoms with van der Waals surface area (Å²) in [6.07, 6.45) is 0. The average Bonchev–Trinajstić information content (AvgIpc) is 2.56. The van der Waals surface area contributed by atoms with Crippen LogP contribution >= 0.6 is 11.6 Å². The van der Waals surface area contributed by atoms with E-state index in [0.29, 0.717) is 16.4 Å². The standard InChI is InChI=1S/C19H22ClN3O2/c1-12(2)19(25)22-16-6-4-5-15(10-16)21-11-18(24)23-17-9-14(20)8-7-13(17)3/h4-10,12,21H,11H2,1-3H3,(H,22,25)(H,23,24). The van der Waals surface area contributed by atoms with Gasteiger partial charge in [0, 0.05) is 28.0 Å². The summed E-state index contributed by atoms with van der Waals surface area (Å²) in [6, 6.07) is 12.6. The minimum absolute atomic E-state index is 0.0497. The molecule has 0 spiro atoms. The molecule has 0 atom stereocenters. The lowest BCUT2D eigenvalue weighted by Gasteiger charge is -2.12. The van der Waals surface area contributed by atoms with Crippen molar-refractivity contribution in [1.82, 2.24) is 0 Å².